The molecule has 0 atom stereocenters. The lowest BCUT2D eigenvalue weighted by atomic mass is 9.97. The molecule has 2 fully saturated rings. The van der Waals surface area contributed by atoms with Crippen molar-refractivity contribution in [2.75, 3.05) is 26.2 Å². The molecule has 0 radical (unpaired) electrons. The highest BCUT2D eigenvalue weighted by atomic mass is 16.5. The Morgan fingerprint density at radius 2 is 1.89 bits per heavy atom. The maximum absolute atomic E-state index is 12.5. The first-order valence-electron chi connectivity index (χ1n) is 9.57. The first-order chi connectivity index (χ1) is 13.3. The minimum absolute atomic E-state index is 0.186. The van der Waals surface area contributed by atoms with E-state index in [-0.39, 0.29) is 11.9 Å². The number of aromatic nitrogens is 4. The highest BCUT2D eigenvalue weighted by Gasteiger charge is 2.30. The highest BCUT2D eigenvalue weighted by Crippen LogP contribution is 2.29. The summed E-state index contributed by atoms with van der Waals surface area (Å²) in [6.07, 6.45) is 9.48. The van der Waals surface area contributed by atoms with E-state index >= 15 is 0 Å². The van der Waals surface area contributed by atoms with Crippen molar-refractivity contribution in [3.8, 4) is 11.4 Å². The Hall–Kier alpha value is -2.90. The molecule has 5 rings (SSSR count). The Balaban J connectivity index is 1.26. The normalized spacial score (nSPS) is 18.5. The van der Waals surface area contributed by atoms with Gasteiger partial charge in [-0.05, 0) is 37.8 Å². The number of carbonyl (C=O) groups is 1. The van der Waals surface area contributed by atoms with Gasteiger partial charge in [0.2, 0.25) is 11.7 Å². The molecule has 0 aliphatic carbocycles. The Bertz CT molecular complexity index is 950. The fourth-order valence-electron chi connectivity index (χ4n) is 4.00. The second kappa shape index (κ2) is 6.68. The molecule has 8 heteroatoms. The molecule has 5 heterocycles. The summed E-state index contributed by atoms with van der Waals surface area (Å²) in [5, 5.41) is 4.17. The van der Waals surface area contributed by atoms with Gasteiger partial charge in [0, 0.05) is 43.9 Å². The van der Waals surface area contributed by atoms with Gasteiger partial charge in [-0.15, -0.1) is 0 Å². The second-order valence-electron chi connectivity index (χ2n) is 7.34. The van der Waals surface area contributed by atoms with Crippen LogP contribution in [0.15, 0.2) is 35.4 Å². The molecule has 2 aliphatic rings. The summed E-state index contributed by atoms with van der Waals surface area (Å²) in [5.41, 5.74) is 1.91. The maximum Gasteiger partial charge on any atom is 0.319 e. The van der Waals surface area contributed by atoms with Gasteiger partial charge in [0.1, 0.15) is 0 Å². The van der Waals surface area contributed by atoms with E-state index in [1.807, 2.05) is 32.5 Å². The van der Waals surface area contributed by atoms with Gasteiger partial charge in [0.25, 0.3) is 0 Å². The van der Waals surface area contributed by atoms with Crippen molar-refractivity contribution < 1.29 is 9.32 Å². The predicted octanol–water partition coefficient (Wildman–Crippen LogP) is 2.78. The van der Waals surface area contributed by atoms with Gasteiger partial charge in [-0.3, -0.25) is 0 Å². The minimum Gasteiger partial charge on any atom is -0.339 e. The van der Waals surface area contributed by atoms with Crippen molar-refractivity contribution in [3.63, 3.8) is 0 Å². The average molecular weight is 366 g/mol. The summed E-state index contributed by atoms with van der Waals surface area (Å²) in [6, 6.07) is 4.14. The first kappa shape index (κ1) is 16.3. The smallest absolute Gasteiger partial charge is 0.319 e. The van der Waals surface area contributed by atoms with Crippen LogP contribution < -0.4 is 0 Å². The van der Waals surface area contributed by atoms with Crippen LogP contribution in [0.1, 0.15) is 37.5 Å². The standard InChI is InChI=1S/C19H22N6O2/c26-19(23-6-1-2-7-23)24-8-3-14(4-9-24)18-21-17(22-27-18)15-5-10-25-13-20-12-16(25)11-15/h5,10-14H,1-4,6-9H2. The van der Waals surface area contributed by atoms with Crippen molar-refractivity contribution in [3.05, 3.63) is 36.7 Å². The number of carbonyl (C=O) groups excluding carboxylic acids is 1. The highest BCUT2D eigenvalue weighted by molar-refractivity contribution is 5.74. The second-order valence-corrected chi connectivity index (χ2v) is 7.34. The molecule has 2 aliphatic heterocycles. The average Bonchev–Trinajstić information content (AvgIpc) is 3.48. The quantitative estimate of drug-likeness (QED) is 0.697. The largest absolute Gasteiger partial charge is 0.339 e. The number of imidazole rings is 1. The molecule has 140 valence electrons. The Kier molecular flexibility index (Phi) is 4.03. The van der Waals surface area contributed by atoms with Gasteiger partial charge in [-0.2, -0.15) is 4.98 Å². The lowest BCUT2D eigenvalue weighted by Gasteiger charge is -2.33. The molecule has 0 unspecified atom stereocenters. The van der Waals surface area contributed by atoms with Crippen molar-refractivity contribution in [1.82, 2.24) is 29.3 Å². The van der Waals surface area contributed by atoms with Gasteiger partial charge in [0.15, 0.2) is 0 Å². The van der Waals surface area contributed by atoms with Crippen LogP contribution in [0.5, 0.6) is 0 Å². The topological polar surface area (TPSA) is 79.8 Å². The molecular weight excluding hydrogens is 344 g/mol. The van der Waals surface area contributed by atoms with Crippen molar-refractivity contribution in [2.24, 2.45) is 0 Å². The molecule has 0 bridgehead atoms. The SMILES string of the molecule is O=C(N1CCCC1)N1CCC(c2nc(-c3ccn4cncc4c3)no2)CC1. The summed E-state index contributed by atoms with van der Waals surface area (Å²) < 4.78 is 7.49. The van der Waals surface area contributed by atoms with Gasteiger partial charge in [0.05, 0.1) is 18.0 Å². The number of hydrogen-bond donors (Lipinski definition) is 0. The lowest BCUT2D eigenvalue weighted by molar-refractivity contribution is 0.144. The fourth-order valence-corrected chi connectivity index (χ4v) is 4.00. The molecule has 27 heavy (non-hydrogen) atoms. The van der Waals surface area contributed by atoms with E-state index in [2.05, 4.69) is 15.1 Å². The van der Waals surface area contributed by atoms with Crippen LogP contribution in [0.25, 0.3) is 16.9 Å². The third kappa shape index (κ3) is 3.05. The van der Waals surface area contributed by atoms with Gasteiger partial charge in [-0.25, -0.2) is 9.78 Å². The molecule has 0 saturated carbocycles. The summed E-state index contributed by atoms with van der Waals surface area (Å²) in [7, 11) is 0. The van der Waals surface area contributed by atoms with Crippen LogP contribution in [0, 0.1) is 0 Å². The number of nitrogens with zero attached hydrogens (tertiary/aromatic N) is 6. The number of urea groups is 1. The zero-order valence-corrected chi connectivity index (χ0v) is 15.1. The monoisotopic (exact) mass is 366 g/mol. The van der Waals surface area contributed by atoms with Crippen LogP contribution in [-0.4, -0.2) is 61.5 Å². The van der Waals surface area contributed by atoms with Crippen molar-refractivity contribution >= 4 is 11.5 Å². The first-order valence-corrected chi connectivity index (χ1v) is 9.57. The van der Waals surface area contributed by atoms with Crippen LogP contribution in [0.2, 0.25) is 0 Å². The molecule has 2 amide bonds. The Morgan fingerprint density at radius 3 is 2.70 bits per heavy atom. The third-order valence-corrected chi connectivity index (χ3v) is 5.61. The summed E-state index contributed by atoms with van der Waals surface area (Å²) in [4.78, 5) is 25.2. The Morgan fingerprint density at radius 1 is 1.11 bits per heavy atom. The number of hydrogen-bond acceptors (Lipinski definition) is 5. The number of amides is 2. The third-order valence-electron chi connectivity index (χ3n) is 5.61. The minimum atomic E-state index is 0.186. The van der Waals surface area contributed by atoms with Gasteiger partial charge < -0.3 is 18.7 Å². The van der Waals surface area contributed by atoms with Crippen molar-refractivity contribution in [1.29, 1.82) is 0 Å². The number of rotatable bonds is 2. The molecule has 3 aromatic rings. The number of pyridine rings is 1. The van der Waals surface area contributed by atoms with E-state index in [4.69, 9.17) is 4.52 Å². The van der Waals surface area contributed by atoms with Crippen LogP contribution >= 0.6 is 0 Å². The van der Waals surface area contributed by atoms with E-state index < -0.39 is 0 Å². The molecule has 2 saturated heterocycles. The molecule has 8 nitrogen and oxygen atoms in total. The molecule has 0 N–H and O–H groups in total. The number of piperidine rings is 1. The zero-order chi connectivity index (χ0) is 18.2. The fraction of sp³-hybridized carbons (Fsp3) is 0.474. The number of fused-ring (bicyclic) bond motifs is 1. The van der Waals surface area contributed by atoms with E-state index in [9.17, 15) is 4.79 Å². The van der Waals surface area contributed by atoms with E-state index in [0.29, 0.717) is 11.7 Å². The van der Waals surface area contributed by atoms with Gasteiger partial charge in [-0.1, -0.05) is 5.16 Å². The van der Waals surface area contributed by atoms with Gasteiger partial charge >= 0.3 is 6.03 Å². The molecular formula is C19H22N6O2. The summed E-state index contributed by atoms with van der Waals surface area (Å²) >= 11 is 0. The zero-order valence-electron chi connectivity index (χ0n) is 15.1. The molecule has 3 aromatic heterocycles. The lowest BCUT2D eigenvalue weighted by Crippen LogP contribution is -2.45. The van der Waals surface area contributed by atoms with Crippen LogP contribution in [0.3, 0.4) is 0 Å². The summed E-state index contributed by atoms with van der Waals surface area (Å²) in [6.45, 7) is 3.29. The Labute approximate surface area is 156 Å². The van der Waals surface area contributed by atoms with E-state index in [0.717, 1.165) is 62.9 Å². The maximum atomic E-state index is 12.5. The van der Waals surface area contributed by atoms with E-state index in [1.54, 1.807) is 12.5 Å². The number of likely N-dealkylation sites (tertiary alicyclic amines) is 2. The predicted molar refractivity (Wildman–Crippen MR) is 98.2 cm³/mol. The van der Waals surface area contributed by atoms with Crippen LogP contribution in [0.4, 0.5) is 4.79 Å². The molecule has 0 spiro atoms. The van der Waals surface area contributed by atoms with E-state index in [1.165, 1.54) is 0 Å². The van der Waals surface area contributed by atoms with Crippen LogP contribution in [-0.2, 0) is 0 Å². The summed E-state index contributed by atoms with van der Waals surface area (Å²) in [5.74, 6) is 1.49. The van der Waals surface area contributed by atoms with Crippen molar-refractivity contribution in [2.45, 2.75) is 31.6 Å². The molecule has 0 aromatic carbocycles.